The van der Waals surface area contributed by atoms with E-state index in [1.165, 1.54) is 13.8 Å². The summed E-state index contributed by atoms with van der Waals surface area (Å²) in [7, 11) is 0. The lowest BCUT2D eigenvalue weighted by molar-refractivity contribution is 1.31. The third-order valence-electron chi connectivity index (χ3n) is 3.92. The summed E-state index contributed by atoms with van der Waals surface area (Å²) >= 11 is 0. The first-order chi connectivity index (χ1) is 13.5. The second-order valence-electron chi connectivity index (χ2n) is 4.92. The number of fused-ring (bicyclic) bond motifs is 1. The van der Waals surface area contributed by atoms with Gasteiger partial charge in [-0.15, -0.1) is 0 Å². The number of hydrogen-bond donors (Lipinski definition) is 0. The van der Waals surface area contributed by atoms with Gasteiger partial charge in [0.2, 0.25) is 0 Å². The van der Waals surface area contributed by atoms with Crippen LogP contribution in [0.1, 0.15) is 72.2 Å². The first kappa shape index (κ1) is 23.6. The highest BCUT2D eigenvalue weighted by molar-refractivity contribution is 6.04. The maximum Gasteiger partial charge on any atom is 0.101 e. The standard InChI is InChI=1S/C18H6N6.2C2H6/c1-9-11(3-19)15(7-23)18-14(6-22)10(2)12(4-20)16(8-24)17(18)13(9)5-21;2*1-2/h1-2H3;2*1-2H3. The average molecular weight is 366 g/mol. The minimum atomic E-state index is -0.0651. The summed E-state index contributed by atoms with van der Waals surface area (Å²) in [6, 6.07) is 11.4. The third-order valence-corrected chi connectivity index (χ3v) is 3.92. The van der Waals surface area contributed by atoms with E-state index in [1.807, 2.05) is 64.1 Å². The minimum Gasteiger partial charge on any atom is -0.192 e. The van der Waals surface area contributed by atoms with Crippen molar-refractivity contribution in [3.05, 3.63) is 44.5 Å². The van der Waals surface area contributed by atoms with Crippen LogP contribution >= 0.6 is 0 Å². The fraction of sp³-hybridized carbons (Fsp3) is 0.273. The molecule has 0 saturated heterocycles. The van der Waals surface area contributed by atoms with Gasteiger partial charge in [-0.25, -0.2) is 0 Å². The first-order valence-electron chi connectivity index (χ1n) is 8.59. The molecule has 0 aromatic heterocycles. The quantitative estimate of drug-likeness (QED) is 0.658. The zero-order chi connectivity index (χ0) is 22.0. The molecule has 0 heterocycles. The Morgan fingerprint density at radius 1 is 0.393 bits per heavy atom. The summed E-state index contributed by atoms with van der Waals surface area (Å²) in [6.45, 7) is 11.0. The molecule has 2 aromatic rings. The summed E-state index contributed by atoms with van der Waals surface area (Å²) < 4.78 is 0. The summed E-state index contributed by atoms with van der Waals surface area (Å²) in [5, 5.41) is 56.9. The van der Waals surface area contributed by atoms with E-state index in [-0.39, 0.29) is 55.3 Å². The summed E-state index contributed by atoms with van der Waals surface area (Å²) in [4.78, 5) is 0. The van der Waals surface area contributed by atoms with Crippen LogP contribution in [-0.4, -0.2) is 0 Å². The number of benzene rings is 2. The molecule has 0 aliphatic rings. The Balaban J connectivity index is 0.00000171. The van der Waals surface area contributed by atoms with Crippen molar-refractivity contribution in [1.82, 2.24) is 0 Å². The molecule has 0 fully saturated rings. The zero-order valence-electron chi connectivity index (χ0n) is 16.7. The highest BCUT2D eigenvalue weighted by Gasteiger charge is 2.26. The molecular formula is C22H18N6. The molecule has 2 aromatic carbocycles. The lowest BCUT2D eigenvalue weighted by atomic mass is 9.83. The fourth-order valence-corrected chi connectivity index (χ4v) is 2.78. The average Bonchev–Trinajstić information content (AvgIpc) is 2.75. The van der Waals surface area contributed by atoms with E-state index in [1.54, 1.807) is 0 Å². The molecular weight excluding hydrogens is 348 g/mol. The summed E-state index contributed by atoms with van der Waals surface area (Å²) in [5.74, 6) is 0. The van der Waals surface area contributed by atoms with Crippen molar-refractivity contribution < 1.29 is 0 Å². The topological polar surface area (TPSA) is 143 Å². The Hall–Kier alpha value is -4.36. The van der Waals surface area contributed by atoms with E-state index in [4.69, 9.17) is 0 Å². The monoisotopic (exact) mass is 366 g/mol. The molecule has 0 spiro atoms. The minimum absolute atomic E-state index is 0.00829. The number of nitriles is 6. The molecule has 136 valence electrons. The SMILES string of the molecule is CC.CC.Cc1c(C#N)c(C#N)c2c(C#N)c(C)c(C#N)c(C#N)c2c1C#N. The van der Waals surface area contributed by atoms with E-state index >= 15 is 0 Å². The molecule has 0 bridgehead atoms. The first-order valence-corrected chi connectivity index (χ1v) is 8.59. The van der Waals surface area contributed by atoms with Gasteiger partial charge in [0.25, 0.3) is 0 Å². The van der Waals surface area contributed by atoms with Gasteiger partial charge >= 0.3 is 0 Å². The van der Waals surface area contributed by atoms with Crippen molar-refractivity contribution in [2.75, 3.05) is 0 Å². The maximum absolute atomic E-state index is 9.50. The van der Waals surface area contributed by atoms with E-state index in [9.17, 15) is 31.6 Å². The summed E-state index contributed by atoms with van der Waals surface area (Å²) in [6.07, 6.45) is 0. The Morgan fingerprint density at radius 2 is 0.607 bits per heavy atom. The van der Waals surface area contributed by atoms with Crippen LogP contribution in [-0.2, 0) is 0 Å². The number of nitrogens with zero attached hydrogens (tertiary/aromatic N) is 6. The van der Waals surface area contributed by atoms with E-state index in [2.05, 4.69) is 0 Å². The van der Waals surface area contributed by atoms with Crippen LogP contribution in [0.4, 0.5) is 0 Å². The zero-order valence-corrected chi connectivity index (χ0v) is 16.7. The lowest BCUT2D eigenvalue weighted by Crippen LogP contribution is -2.04. The van der Waals surface area contributed by atoms with Crippen LogP contribution in [0, 0.1) is 81.8 Å². The van der Waals surface area contributed by atoms with Crippen LogP contribution in [0.2, 0.25) is 0 Å². The van der Waals surface area contributed by atoms with Gasteiger partial charge in [-0.2, -0.15) is 31.6 Å². The third kappa shape index (κ3) is 3.46. The second-order valence-corrected chi connectivity index (χ2v) is 4.92. The van der Waals surface area contributed by atoms with Crippen molar-refractivity contribution in [3.8, 4) is 36.4 Å². The number of rotatable bonds is 0. The normalized spacial score (nSPS) is 8.14. The molecule has 0 N–H and O–H groups in total. The molecule has 6 heteroatoms. The van der Waals surface area contributed by atoms with Crippen molar-refractivity contribution in [2.24, 2.45) is 0 Å². The van der Waals surface area contributed by atoms with Gasteiger partial charge in [-0.05, 0) is 25.0 Å². The molecule has 0 saturated carbocycles. The van der Waals surface area contributed by atoms with Gasteiger partial charge in [0.1, 0.15) is 36.4 Å². The second kappa shape index (κ2) is 10.6. The van der Waals surface area contributed by atoms with Crippen LogP contribution in [0.3, 0.4) is 0 Å². The molecule has 0 aliphatic carbocycles. The van der Waals surface area contributed by atoms with Gasteiger partial charge in [0, 0.05) is 10.8 Å². The van der Waals surface area contributed by atoms with Crippen LogP contribution < -0.4 is 0 Å². The molecule has 0 aliphatic heterocycles. The van der Waals surface area contributed by atoms with Gasteiger partial charge in [-0.1, -0.05) is 27.7 Å². The molecule has 0 radical (unpaired) electrons. The molecule has 2 rings (SSSR count). The highest BCUT2D eigenvalue weighted by atomic mass is 14.4. The fourth-order valence-electron chi connectivity index (χ4n) is 2.78. The molecule has 0 atom stereocenters. The summed E-state index contributed by atoms with van der Waals surface area (Å²) in [5.41, 5.74) is 0.385. The van der Waals surface area contributed by atoms with Crippen molar-refractivity contribution >= 4 is 10.8 Å². The van der Waals surface area contributed by atoms with Crippen molar-refractivity contribution in [1.29, 1.82) is 31.6 Å². The molecule has 0 amide bonds. The molecule has 28 heavy (non-hydrogen) atoms. The smallest absolute Gasteiger partial charge is 0.101 e. The lowest BCUT2D eigenvalue weighted by Gasteiger charge is -2.15. The van der Waals surface area contributed by atoms with Crippen LogP contribution in [0.25, 0.3) is 10.8 Å². The van der Waals surface area contributed by atoms with Gasteiger partial charge in [0.05, 0.1) is 33.4 Å². The van der Waals surface area contributed by atoms with Crippen LogP contribution in [0.5, 0.6) is 0 Å². The van der Waals surface area contributed by atoms with Gasteiger partial charge in [0.15, 0.2) is 0 Å². The molecule has 0 unspecified atom stereocenters. The number of hydrogen-bond acceptors (Lipinski definition) is 6. The van der Waals surface area contributed by atoms with Crippen molar-refractivity contribution in [3.63, 3.8) is 0 Å². The Bertz CT molecular complexity index is 1080. The van der Waals surface area contributed by atoms with Gasteiger partial charge in [-0.3, -0.25) is 0 Å². The molecule has 6 nitrogen and oxygen atoms in total. The van der Waals surface area contributed by atoms with E-state index in [0.717, 1.165) is 0 Å². The highest BCUT2D eigenvalue weighted by Crippen LogP contribution is 2.37. The predicted molar refractivity (Wildman–Crippen MR) is 104 cm³/mol. The maximum atomic E-state index is 9.50. The predicted octanol–water partition coefficient (Wildman–Crippen LogP) is 4.74. The van der Waals surface area contributed by atoms with E-state index < -0.39 is 0 Å². The van der Waals surface area contributed by atoms with Crippen LogP contribution in [0.15, 0.2) is 0 Å². The Labute approximate surface area is 165 Å². The largest absolute Gasteiger partial charge is 0.192 e. The Morgan fingerprint density at radius 3 is 0.786 bits per heavy atom. The van der Waals surface area contributed by atoms with Gasteiger partial charge < -0.3 is 0 Å². The van der Waals surface area contributed by atoms with E-state index in [0.29, 0.717) is 0 Å². The Kier molecular flexibility index (Phi) is 8.94. The van der Waals surface area contributed by atoms with Crippen molar-refractivity contribution in [2.45, 2.75) is 41.5 Å².